The second kappa shape index (κ2) is 3.77. The van der Waals surface area contributed by atoms with Crippen molar-refractivity contribution >= 4 is 17.8 Å². The Kier molecular flexibility index (Phi) is 2.33. The van der Waals surface area contributed by atoms with Gasteiger partial charge in [0.05, 0.1) is 17.8 Å². The summed E-state index contributed by atoms with van der Waals surface area (Å²) >= 11 is 0. The summed E-state index contributed by atoms with van der Waals surface area (Å²) in [5, 5.41) is 8.54. The van der Waals surface area contributed by atoms with Crippen LogP contribution in [0, 0.1) is 0 Å². The Labute approximate surface area is 106 Å². The van der Waals surface area contributed by atoms with Crippen molar-refractivity contribution in [2.75, 3.05) is 0 Å². The molecule has 92 valence electrons. The van der Waals surface area contributed by atoms with Crippen LogP contribution in [0.3, 0.4) is 0 Å². The van der Waals surface area contributed by atoms with Crippen LogP contribution in [0.1, 0.15) is 48.3 Å². The molecule has 2 heterocycles. The minimum atomic E-state index is 0.235. The molecule has 0 spiro atoms. The number of nitrogens with zero attached hydrogens (tertiary/aromatic N) is 3. The highest BCUT2D eigenvalue weighted by molar-refractivity contribution is 6.08. The van der Waals surface area contributed by atoms with Gasteiger partial charge in [0.1, 0.15) is 6.29 Å². The molecule has 1 aromatic carbocycles. The molecule has 0 bridgehead atoms. The van der Waals surface area contributed by atoms with Crippen molar-refractivity contribution in [1.29, 1.82) is 0 Å². The molecule has 0 radical (unpaired) electrons. The maximum atomic E-state index is 10.9. The number of carbonyl (C=O) groups is 1. The highest BCUT2D eigenvalue weighted by Gasteiger charge is 2.37. The van der Waals surface area contributed by atoms with Crippen LogP contribution in [0.15, 0.2) is 28.4 Å². The first-order valence-corrected chi connectivity index (χ1v) is 6.13. The molecule has 0 amide bonds. The molecule has 2 atom stereocenters. The third kappa shape index (κ3) is 1.35. The summed E-state index contributed by atoms with van der Waals surface area (Å²) in [5.74, 6) is 0.924. The molecular weight excluding hydrogens is 226 g/mol. The maximum absolute atomic E-state index is 10.9. The van der Waals surface area contributed by atoms with Crippen LogP contribution in [-0.2, 0) is 0 Å². The van der Waals surface area contributed by atoms with Crippen molar-refractivity contribution in [1.82, 2.24) is 4.90 Å². The predicted molar refractivity (Wildman–Crippen MR) is 71.2 cm³/mol. The maximum Gasteiger partial charge on any atom is 0.159 e. The molecule has 0 aromatic heterocycles. The molecule has 2 unspecified atom stereocenters. The largest absolute Gasteiger partial charge is 0.340 e. The van der Waals surface area contributed by atoms with Gasteiger partial charge in [0.25, 0.3) is 0 Å². The Morgan fingerprint density at radius 3 is 2.72 bits per heavy atom. The Bertz CT molecular complexity index is 589. The summed E-state index contributed by atoms with van der Waals surface area (Å²) in [7, 11) is 0. The van der Waals surface area contributed by atoms with E-state index < -0.39 is 0 Å². The average molecular weight is 241 g/mol. The van der Waals surface area contributed by atoms with Gasteiger partial charge in [0.2, 0.25) is 0 Å². The van der Waals surface area contributed by atoms with Crippen LogP contribution in [0.2, 0.25) is 0 Å². The van der Waals surface area contributed by atoms with Gasteiger partial charge in [0.15, 0.2) is 5.84 Å². The first kappa shape index (κ1) is 11.1. The fourth-order valence-corrected chi connectivity index (χ4v) is 2.71. The van der Waals surface area contributed by atoms with Gasteiger partial charge in [0, 0.05) is 11.1 Å². The third-order valence-electron chi connectivity index (χ3n) is 3.89. The molecule has 0 saturated heterocycles. The third-order valence-corrected chi connectivity index (χ3v) is 3.89. The Balaban J connectivity index is 2.17. The predicted octanol–water partition coefficient (Wildman–Crippen LogP) is 2.40. The Morgan fingerprint density at radius 1 is 1.22 bits per heavy atom. The molecule has 4 heteroatoms. The summed E-state index contributed by atoms with van der Waals surface area (Å²) in [4.78, 5) is 13.1. The number of amidine groups is 1. The number of hydrogen-bond acceptors (Lipinski definition) is 4. The van der Waals surface area contributed by atoms with Crippen LogP contribution < -0.4 is 0 Å². The first-order chi connectivity index (χ1) is 8.63. The number of carbonyl (C=O) groups excluding carboxylic acids is 1. The van der Waals surface area contributed by atoms with E-state index in [0.717, 1.165) is 29.0 Å². The van der Waals surface area contributed by atoms with Gasteiger partial charge in [-0.25, -0.2) is 0 Å². The van der Waals surface area contributed by atoms with Gasteiger partial charge in [-0.15, -0.1) is 5.10 Å². The molecule has 3 rings (SSSR count). The van der Waals surface area contributed by atoms with Crippen molar-refractivity contribution in [2.45, 2.75) is 32.9 Å². The quantitative estimate of drug-likeness (QED) is 0.709. The Hall–Kier alpha value is -1.97. The van der Waals surface area contributed by atoms with Crippen molar-refractivity contribution in [3.63, 3.8) is 0 Å². The molecule has 4 nitrogen and oxygen atoms in total. The van der Waals surface area contributed by atoms with Gasteiger partial charge < -0.3 is 4.90 Å². The lowest BCUT2D eigenvalue weighted by Gasteiger charge is -2.32. The van der Waals surface area contributed by atoms with Crippen LogP contribution >= 0.6 is 0 Å². The first-order valence-electron chi connectivity index (χ1n) is 6.13. The van der Waals surface area contributed by atoms with E-state index in [0.29, 0.717) is 5.56 Å². The van der Waals surface area contributed by atoms with E-state index in [1.165, 1.54) is 0 Å². The van der Waals surface area contributed by atoms with Crippen molar-refractivity contribution in [2.24, 2.45) is 10.2 Å². The molecule has 0 saturated carbocycles. The number of benzene rings is 1. The average Bonchev–Trinajstić information content (AvgIpc) is 2.67. The summed E-state index contributed by atoms with van der Waals surface area (Å²) in [6.45, 7) is 6.28. The summed E-state index contributed by atoms with van der Waals surface area (Å²) in [6, 6.07) is 6.24. The fraction of sp³-hybridized carbons (Fsp3) is 0.357. The lowest BCUT2D eigenvalue weighted by molar-refractivity contribution is 0.112. The van der Waals surface area contributed by atoms with E-state index >= 15 is 0 Å². The number of aldehydes is 1. The van der Waals surface area contributed by atoms with Gasteiger partial charge >= 0.3 is 0 Å². The van der Waals surface area contributed by atoms with Gasteiger partial charge in [-0.05, 0) is 32.4 Å². The molecule has 18 heavy (non-hydrogen) atoms. The van der Waals surface area contributed by atoms with E-state index in [1.54, 1.807) is 0 Å². The molecule has 2 aliphatic heterocycles. The van der Waals surface area contributed by atoms with E-state index in [2.05, 4.69) is 29.0 Å². The highest BCUT2D eigenvalue weighted by Crippen LogP contribution is 2.37. The minimum Gasteiger partial charge on any atom is -0.340 e. The minimum absolute atomic E-state index is 0.235. The number of rotatable bonds is 1. The summed E-state index contributed by atoms with van der Waals surface area (Å²) in [5.41, 5.74) is 3.99. The van der Waals surface area contributed by atoms with Crippen LogP contribution in [-0.4, -0.2) is 28.8 Å². The molecule has 1 aromatic rings. The summed E-state index contributed by atoms with van der Waals surface area (Å²) in [6.07, 6.45) is 0.886. The molecule has 0 N–H and O–H groups in total. The van der Waals surface area contributed by atoms with Gasteiger partial charge in [-0.3, -0.25) is 4.79 Å². The lowest BCUT2D eigenvalue weighted by Crippen LogP contribution is -2.42. The monoisotopic (exact) mass is 241 g/mol. The molecule has 2 aliphatic rings. The zero-order valence-electron chi connectivity index (χ0n) is 10.7. The smallest absolute Gasteiger partial charge is 0.159 e. The topological polar surface area (TPSA) is 45.0 Å². The van der Waals surface area contributed by atoms with Gasteiger partial charge in [-0.2, -0.15) is 5.10 Å². The summed E-state index contributed by atoms with van der Waals surface area (Å²) < 4.78 is 0. The second-order valence-electron chi connectivity index (χ2n) is 4.89. The standard InChI is InChI=1S/C14H15N3O/c1-8-9(2)17-10(3)13-6-11(7-18)4-5-12(13)14(17)16-15-8/h4-7,9-10H,1-3H3. The SMILES string of the molecule is CC1=NN=C2c3ccc(C=O)cc3C(C)N2C1C. The van der Waals surface area contributed by atoms with E-state index in [4.69, 9.17) is 0 Å². The van der Waals surface area contributed by atoms with Crippen LogP contribution in [0.4, 0.5) is 0 Å². The lowest BCUT2D eigenvalue weighted by atomic mass is 10.0. The normalized spacial score (nSPS) is 25.2. The number of hydrogen-bond donors (Lipinski definition) is 0. The molecular formula is C14H15N3O. The van der Waals surface area contributed by atoms with Gasteiger partial charge in [-0.1, -0.05) is 12.1 Å². The highest BCUT2D eigenvalue weighted by atomic mass is 16.1. The van der Waals surface area contributed by atoms with Crippen molar-refractivity contribution in [3.8, 4) is 0 Å². The van der Waals surface area contributed by atoms with E-state index in [-0.39, 0.29) is 12.1 Å². The number of fused-ring (bicyclic) bond motifs is 3. The fourth-order valence-electron chi connectivity index (χ4n) is 2.71. The van der Waals surface area contributed by atoms with E-state index in [1.807, 2.05) is 25.1 Å². The van der Waals surface area contributed by atoms with Crippen molar-refractivity contribution in [3.05, 3.63) is 34.9 Å². The van der Waals surface area contributed by atoms with Crippen LogP contribution in [0.25, 0.3) is 0 Å². The van der Waals surface area contributed by atoms with Crippen LogP contribution in [0.5, 0.6) is 0 Å². The van der Waals surface area contributed by atoms with E-state index in [9.17, 15) is 4.79 Å². The second-order valence-corrected chi connectivity index (χ2v) is 4.89. The Morgan fingerprint density at radius 2 is 2.00 bits per heavy atom. The molecule has 0 fully saturated rings. The van der Waals surface area contributed by atoms with Crippen molar-refractivity contribution < 1.29 is 4.79 Å². The zero-order valence-corrected chi connectivity index (χ0v) is 10.7. The molecule has 0 aliphatic carbocycles. The zero-order chi connectivity index (χ0) is 12.9.